The van der Waals surface area contributed by atoms with Crippen molar-refractivity contribution in [2.45, 2.75) is 96.9 Å². The van der Waals surface area contributed by atoms with Gasteiger partial charge in [0.05, 0.1) is 0 Å². The summed E-state index contributed by atoms with van der Waals surface area (Å²) in [6.07, 6.45) is 22.9. The third-order valence-electron chi connectivity index (χ3n) is 4.30. The van der Waals surface area contributed by atoms with Gasteiger partial charge >= 0.3 is 0 Å². The summed E-state index contributed by atoms with van der Waals surface area (Å²) in [6.45, 7) is 3.47. The average Bonchev–Trinajstić information content (AvgIpc) is 2.53. The Kier molecular flexibility index (Phi) is 16.7. The first-order chi connectivity index (χ1) is 10.4. The minimum absolute atomic E-state index is 0. The van der Waals surface area contributed by atoms with E-state index in [1.54, 1.807) is 0 Å². The van der Waals surface area contributed by atoms with Crippen molar-refractivity contribution < 1.29 is 21.5 Å². The second-order valence-electron chi connectivity index (χ2n) is 6.36. The fourth-order valence-electron chi connectivity index (χ4n) is 2.90. The van der Waals surface area contributed by atoms with Crippen LogP contribution in [-0.2, 0) is 6.54 Å². The van der Waals surface area contributed by atoms with Crippen LogP contribution in [0.4, 0.5) is 0 Å². The highest BCUT2D eigenvalue weighted by Gasteiger charge is 1.98. The summed E-state index contributed by atoms with van der Waals surface area (Å²) in [5, 5.41) is 0. The highest BCUT2D eigenvalue weighted by Crippen LogP contribution is 2.12. The molecule has 1 aromatic heterocycles. The molecule has 0 aliphatic heterocycles. The van der Waals surface area contributed by atoms with Crippen LogP contribution in [0.2, 0.25) is 0 Å². The minimum Gasteiger partial charge on any atom is -1.00 e. The van der Waals surface area contributed by atoms with E-state index in [0.717, 1.165) is 0 Å². The molecule has 1 heterocycles. The molecule has 0 aromatic carbocycles. The Morgan fingerprint density at radius 1 is 0.545 bits per heavy atom. The lowest BCUT2D eigenvalue weighted by Crippen LogP contribution is -3.00. The number of aryl methyl sites for hydroxylation is 1. The van der Waals surface area contributed by atoms with Crippen LogP contribution >= 0.6 is 0 Å². The van der Waals surface area contributed by atoms with E-state index in [0.29, 0.717) is 0 Å². The van der Waals surface area contributed by atoms with Crippen molar-refractivity contribution in [1.82, 2.24) is 0 Å². The summed E-state index contributed by atoms with van der Waals surface area (Å²) in [5.74, 6) is 0. The molecule has 0 aliphatic rings. The Morgan fingerprint density at radius 2 is 0.955 bits per heavy atom. The maximum absolute atomic E-state index is 2.29. The van der Waals surface area contributed by atoms with Crippen LogP contribution in [0.3, 0.4) is 0 Å². The van der Waals surface area contributed by atoms with Gasteiger partial charge in [-0.1, -0.05) is 83.6 Å². The van der Waals surface area contributed by atoms with E-state index in [-0.39, 0.29) is 17.0 Å². The second-order valence-corrected chi connectivity index (χ2v) is 6.36. The van der Waals surface area contributed by atoms with Gasteiger partial charge in [-0.25, -0.2) is 4.57 Å². The molecule has 0 fully saturated rings. The number of rotatable bonds is 14. The summed E-state index contributed by atoms with van der Waals surface area (Å²) in [6, 6.07) is 6.31. The van der Waals surface area contributed by atoms with Crippen molar-refractivity contribution >= 4 is 0 Å². The molecule has 0 saturated carbocycles. The summed E-state index contributed by atoms with van der Waals surface area (Å²) in [4.78, 5) is 0. The molecule has 0 saturated heterocycles. The molecule has 0 atom stereocenters. The molecule has 0 aliphatic carbocycles. The summed E-state index contributed by atoms with van der Waals surface area (Å²) in [7, 11) is 0. The number of hydrogen-bond donors (Lipinski definition) is 0. The van der Waals surface area contributed by atoms with Gasteiger partial charge < -0.3 is 17.0 Å². The van der Waals surface area contributed by atoms with Crippen LogP contribution in [0.1, 0.15) is 90.4 Å². The maximum atomic E-state index is 2.29. The van der Waals surface area contributed by atoms with Crippen LogP contribution in [0, 0.1) is 0 Å². The standard InChI is InChI=1S/C20H36N.BrH/c1-2-3-4-5-6-7-8-9-10-11-12-13-15-18-21-19-16-14-17-20-21;/h14,16-17,19-20H,2-13,15,18H2,1H3;1H/q+1;/p-1. The highest BCUT2D eigenvalue weighted by atomic mass is 79.9. The number of hydrogen-bond acceptors (Lipinski definition) is 0. The zero-order valence-corrected chi connectivity index (χ0v) is 16.2. The first-order valence-corrected chi connectivity index (χ1v) is 9.37. The number of nitrogens with zero attached hydrogens (tertiary/aromatic N) is 1. The van der Waals surface area contributed by atoms with Crippen LogP contribution in [0.15, 0.2) is 30.6 Å². The van der Waals surface area contributed by atoms with Crippen LogP contribution in [0.5, 0.6) is 0 Å². The van der Waals surface area contributed by atoms with Gasteiger partial charge in [0.15, 0.2) is 12.4 Å². The van der Waals surface area contributed by atoms with Crippen molar-refractivity contribution in [3.05, 3.63) is 30.6 Å². The molecule has 0 spiro atoms. The Balaban J connectivity index is 0.00000441. The zero-order chi connectivity index (χ0) is 15.0. The lowest BCUT2D eigenvalue weighted by molar-refractivity contribution is -0.697. The van der Waals surface area contributed by atoms with E-state index < -0.39 is 0 Å². The van der Waals surface area contributed by atoms with E-state index >= 15 is 0 Å². The Labute approximate surface area is 149 Å². The van der Waals surface area contributed by atoms with Gasteiger partial charge in [-0.3, -0.25) is 0 Å². The first kappa shape index (κ1) is 21.6. The second kappa shape index (κ2) is 17.0. The molecule has 128 valence electrons. The Morgan fingerprint density at radius 3 is 1.41 bits per heavy atom. The van der Waals surface area contributed by atoms with E-state index in [2.05, 4.69) is 42.1 Å². The lowest BCUT2D eigenvalue weighted by Gasteiger charge is -2.02. The molecule has 1 rings (SSSR count). The van der Waals surface area contributed by atoms with Gasteiger partial charge in [0.25, 0.3) is 0 Å². The fourth-order valence-corrected chi connectivity index (χ4v) is 2.90. The van der Waals surface area contributed by atoms with Crippen molar-refractivity contribution in [1.29, 1.82) is 0 Å². The van der Waals surface area contributed by atoms with Crippen molar-refractivity contribution in [2.75, 3.05) is 0 Å². The maximum Gasteiger partial charge on any atom is 0.168 e. The molecular weight excluding hydrogens is 334 g/mol. The predicted octanol–water partition coefficient (Wildman–Crippen LogP) is 3.07. The number of pyridine rings is 1. The average molecular weight is 370 g/mol. The van der Waals surface area contributed by atoms with Crippen molar-refractivity contribution in [2.24, 2.45) is 0 Å². The molecule has 0 unspecified atom stereocenters. The number of aromatic nitrogens is 1. The minimum atomic E-state index is 0. The third kappa shape index (κ3) is 13.3. The molecular formula is C20H36BrN. The Bertz CT molecular complexity index is 313. The number of halogens is 1. The fraction of sp³-hybridized carbons (Fsp3) is 0.750. The van der Waals surface area contributed by atoms with Gasteiger partial charge in [0.1, 0.15) is 6.54 Å². The van der Waals surface area contributed by atoms with Gasteiger partial charge in [-0.15, -0.1) is 0 Å². The quantitative estimate of drug-likeness (QED) is 0.350. The number of unbranched alkanes of at least 4 members (excludes halogenated alkanes) is 12. The molecule has 1 nitrogen and oxygen atoms in total. The molecule has 0 bridgehead atoms. The zero-order valence-electron chi connectivity index (χ0n) is 14.6. The molecule has 1 aromatic rings. The SMILES string of the molecule is CCCCCCCCCCCCCCC[n+]1ccccc1.[Br-]. The topological polar surface area (TPSA) is 3.88 Å². The van der Waals surface area contributed by atoms with E-state index in [1.165, 1.54) is 90.0 Å². The molecule has 2 heteroatoms. The first-order valence-electron chi connectivity index (χ1n) is 9.37. The van der Waals surface area contributed by atoms with Gasteiger partial charge in [0, 0.05) is 18.6 Å². The molecule has 0 N–H and O–H groups in total. The largest absolute Gasteiger partial charge is 1.00 e. The normalized spacial score (nSPS) is 10.4. The van der Waals surface area contributed by atoms with Crippen LogP contribution < -0.4 is 21.5 Å². The molecule has 0 amide bonds. The Hall–Kier alpha value is -0.370. The molecule has 0 radical (unpaired) electrons. The van der Waals surface area contributed by atoms with E-state index in [9.17, 15) is 0 Å². The molecule has 22 heavy (non-hydrogen) atoms. The third-order valence-corrected chi connectivity index (χ3v) is 4.30. The summed E-state index contributed by atoms with van der Waals surface area (Å²) >= 11 is 0. The van der Waals surface area contributed by atoms with E-state index in [4.69, 9.17) is 0 Å². The predicted molar refractivity (Wildman–Crippen MR) is 92.3 cm³/mol. The van der Waals surface area contributed by atoms with Crippen molar-refractivity contribution in [3.8, 4) is 0 Å². The monoisotopic (exact) mass is 369 g/mol. The summed E-state index contributed by atoms with van der Waals surface area (Å²) in [5.41, 5.74) is 0. The summed E-state index contributed by atoms with van der Waals surface area (Å²) < 4.78 is 2.29. The van der Waals surface area contributed by atoms with Crippen LogP contribution in [0.25, 0.3) is 0 Å². The van der Waals surface area contributed by atoms with Gasteiger partial charge in [0.2, 0.25) is 0 Å². The highest BCUT2D eigenvalue weighted by molar-refractivity contribution is 4.83. The van der Waals surface area contributed by atoms with E-state index in [1.807, 2.05) is 0 Å². The van der Waals surface area contributed by atoms with Crippen LogP contribution in [-0.4, -0.2) is 0 Å². The lowest BCUT2D eigenvalue weighted by atomic mass is 10.0. The van der Waals surface area contributed by atoms with Gasteiger partial charge in [-0.05, 0) is 6.42 Å². The smallest absolute Gasteiger partial charge is 0.168 e. The van der Waals surface area contributed by atoms with Crippen molar-refractivity contribution in [3.63, 3.8) is 0 Å². The van der Waals surface area contributed by atoms with Gasteiger partial charge in [-0.2, -0.15) is 0 Å².